The number of carbonyl (C=O) groups excluding carboxylic acids is 2. The number of nitrogens with zero attached hydrogens (tertiary/aromatic N) is 1. The summed E-state index contributed by atoms with van der Waals surface area (Å²) in [5.41, 5.74) is 0.853. The van der Waals surface area contributed by atoms with Crippen molar-refractivity contribution < 1.29 is 14.7 Å². The number of amides is 1. The summed E-state index contributed by atoms with van der Waals surface area (Å²) >= 11 is 3.34. The SMILES string of the molecule is CC(=O)C1C(O)C(=O)N(C)C1c1ccc(Br)cc1. The molecule has 1 aliphatic heterocycles. The van der Waals surface area contributed by atoms with Crippen LogP contribution in [0.3, 0.4) is 0 Å². The fourth-order valence-corrected chi connectivity index (χ4v) is 2.71. The Morgan fingerprint density at radius 2 is 1.89 bits per heavy atom. The Bertz CT molecular complexity index is 486. The van der Waals surface area contributed by atoms with E-state index in [4.69, 9.17) is 0 Å². The second-order valence-electron chi connectivity index (χ2n) is 4.53. The van der Waals surface area contributed by atoms with E-state index >= 15 is 0 Å². The van der Waals surface area contributed by atoms with Crippen LogP contribution in [0.15, 0.2) is 28.7 Å². The van der Waals surface area contributed by atoms with Crippen molar-refractivity contribution in [2.24, 2.45) is 5.92 Å². The number of likely N-dealkylation sites (N-methyl/N-ethyl adjacent to an activating group) is 1. The molecule has 3 unspecified atom stereocenters. The summed E-state index contributed by atoms with van der Waals surface area (Å²) in [4.78, 5) is 24.9. The van der Waals surface area contributed by atoms with Crippen LogP contribution in [0, 0.1) is 5.92 Å². The molecule has 1 amide bonds. The van der Waals surface area contributed by atoms with Crippen molar-refractivity contribution in [3.63, 3.8) is 0 Å². The van der Waals surface area contributed by atoms with Crippen LogP contribution in [0.2, 0.25) is 0 Å². The predicted octanol–water partition coefficient (Wildman–Crippen LogP) is 1.53. The molecular formula is C13H14BrNO3. The highest BCUT2D eigenvalue weighted by Crippen LogP contribution is 2.37. The predicted molar refractivity (Wildman–Crippen MR) is 69.8 cm³/mol. The van der Waals surface area contributed by atoms with E-state index in [9.17, 15) is 14.7 Å². The second-order valence-corrected chi connectivity index (χ2v) is 5.44. The maximum absolute atomic E-state index is 11.8. The lowest BCUT2D eigenvalue weighted by Crippen LogP contribution is -2.28. The molecule has 1 aromatic carbocycles. The van der Waals surface area contributed by atoms with Gasteiger partial charge in [0.05, 0.1) is 12.0 Å². The lowest BCUT2D eigenvalue weighted by atomic mass is 9.89. The van der Waals surface area contributed by atoms with Crippen LogP contribution in [0.1, 0.15) is 18.5 Å². The number of likely N-dealkylation sites (tertiary alicyclic amines) is 1. The number of carbonyl (C=O) groups is 2. The van der Waals surface area contributed by atoms with E-state index in [0.717, 1.165) is 10.0 Å². The molecule has 0 radical (unpaired) electrons. The van der Waals surface area contributed by atoms with Crippen LogP contribution < -0.4 is 0 Å². The van der Waals surface area contributed by atoms with E-state index in [1.165, 1.54) is 11.8 Å². The molecule has 4 nitrogen and oxygen atoms in total. The van der Waals surface area contributed by atoms with Gasteiger partial charge in [0, 0.05) is 11.5 Å². The molecule has 0 spiro atoms. The fourth-order valence-electron chi connectivity index (χ4n) is 2.45. The Morgan fingerprint density at radius 3 is 2.39 bits per heavy atom. The van der Waals surface area contributed by atoms with Gasteiger partial charge in [0.1, 0.15) is 11.9 Å². The molecule has 1 aliphatic rings. The molecule has 0 saturated carbocycles. The Hall–Kier alpha value is -1.20. The third kappa shape index (κ3) is 2.08. The molecule has 1 N–H and O–H groups in total. The topological polar surface area (TPSA) is 57.6 Å². The zero-order valence-electron chi connectivity index (χ0n) is 10.1. The van der Waals surface area contributed by atoms with Gasteiger partial charge < -0.3 is 10.0 Å². The van der Waals surface area contributed by atoms with Gasteiger partial charge in [-0.2, -0.15) is 0 Å². The highest BCUT2D eigenvalue weighted by Gasteiger charge is 2.48. The smallest absolute Gasteiger partial charge is 0.252 e. The lowest BCUT2D eigenvalue weighted by molar-refractivity contribution is -0.136. The lowest BCUT2D eigenvalue weighted by Gasteiger charge is -2.23. The van der Waals surface area contributed by atoms with Crippen molar-refractivity contribution in [3.05, 3.63) is 34.3 Å². The summed E-state index contributed by atoms with van der Waals surface area (Å²) in [7, 11) is 1.61. The molecule has 1 fully saturated rings. The van der Waals surface area contributed by atoms with E-state index in [1.807, 2.05) is 24.3 Å². The van der Waals surface area contributed by atoms with Gasteiger partial charge in [0.25, 0.3) is 5.91 Å². The molecule has 0 aromatic heterocycles. The number of aliphatic hydroxyl groups excluding tert-OH is 1. The van der Waals surface area contributed by atoms with Crippen LogP contribution in [0.5, 0.6) is 0 Å². The van der Waals surface area contributed by atoms with E-state index in [2.05, 4.69) is 15.9 Å². The van der Waals surface area contributed by atoms with Gasteiger partial charge in [-0.3, -0.25) is 9.59 Å². The third-order valence-corrected chi connectivity index (χ3v) is 3.91. The van der Waals surface area contributed by atoms with Crippen molar-refractivity contribution in [2.75, 3.05) is 7.05 Å². The quantitative estimate of drug-likeness (QED) is 0.901. The molecule has 96 valence electrons. The molecule has 18 heavy (non-hydrogen) atoms. The van der Waals surface area contributed by atoms with Crippen molar-refractivity contribution in [2.45, 2.75) is 19.1 Å². The Balaban J connectivity index is 2.43. The minimum Gasteiger partial charge on any atom is -0.382 e. The number of ketones is 1. The zero-order chi connectivity index (χ0) is 13.4. The number of halogens is 1. The van der Waals surface area contributed by atoms with Gasteiger partial charge in [-0.15, -0.1) is 0 Å². The molecule has 1 saturated heterocycles. The van der Waals surface area contributed by atoms with E-state index in [1.54, 1.807) is 7.05 Å². The average Bonchev–Trinajstić information content (AvgIpc) is 2.55. The highest BCUT2D eigenvalue weighted by molar-refractivity contribution is 9.10. The number of Topliss-reactive ketones (excluding diaryl/α,β-unsaturated/α-hetero) is 1. The van der Waals surface area contributed by atoms with E-state index in [0.29, 0.717) is 0 Å². The zero-order valence-corrected chi connectivity index (χ0v) is 11.7. The first kappa shape index (κ1) is 13.2. The first-order valence-electron chi connectivity index (χ1n) is 5.64. The third-order valence-electron chi connectivity index (χ3n) is 3.38. The number of benzene rings is 1. The first-order chi connectivity index (χ1) is 8.43. The summed E-state index contributed by atoms with van der Waals surface area (Å²) in [5, 5.41) is 9.86. The van der Waals surface area contributed by atoms with Crippen molar-refractivity contribution in [3.8, 4) is 0 Å². The summed E-state index contributed by atoms with van der Waals surface area (Å²) in [6.07, 6.45) is -1.24. The molecule has 0 bridgehead atoms. The Labute approximate surface area is 114 Å². The first-order valence-corrected chi connectivity index (χ1v) is 6.43. The number of hydrogen-bond donors (Lipinski definition) is 1. The van der Waals surface area contributed by atoms with Gasteiger partial charge in [-0.05, 0) is 24.6 Å². The maximum atomic E-state index is 11.8. The molecule has 3 atom stereocenters. The van der Waals surface area contributed by atoms with Crippen molar-refractivity contribution >= 4 is 27.6 Å². The molecule has 5 heteroatoms. The minimum absolute atomic E-state index is 0.173. The average molecular weight is 312 g/mol. The molecule has 1 heterocycles. The van der Waals surface area contributed by atoms with Crippen LogP contribution in [-0.4, -0.2) is 34.8 Å². The van der Waals surface area contributed by atoms with Crippen molar-refractivity contribution in [1.82, 2.24) is 4.90 Å². The minimum atomic E-state index is -1.24. The molecule has 0 aliphatic carbocycles. The van der Waals surface area contributed by atoms with Crippen molar-refractivity contribution in [1.29, 1.82) is 0 Å². The largest absolute Gasteiger partial charge is 0.382 e. The summed E-state index contributed by atoms with van der Waals surface area (Å²) in [5.74, 6) is -1.26. The molecule has 2 rings (SSSR count). The summed E-state index contributed by atoms with van der Waals surface area (Å²) < 4.78 is 0.929. The fraction of sp³-hybridized carbons (Fsp3) is 0.385. The Morgan fingerprint density at radius 1 is 1.33 bits per heavy atom. The van der Waals surface area contributed by atoms with Crippen LogP contribution in [0.4, 0.5) is 0 Å². The number of aliphatic hydroxyl groups is 1. The van der Waals surface area contributed by atoms with Crippen LogP contribution >= 0.6 is 15.9 Å². The Kier molecular flexibility index (Phi) is 3.54. The van der Waals surface area contributed by atoms with Gasteiger partial charge in [0.2, 0.25) is 0 Å². The summed E-state index contributed by atoms with van der Waals surface area (Å²) in [6, 6.07) is 7.03. The standard InChI is InChI=1S/C13H14BrNO3/c1-7(16)10-11(15(2)13(18)12(10)17)8-3-5-9(14)6-4-8/h3-6,10-12,17H,1-2H3. The monoisotopic (exact) mass is 311 g/mol. The van der Waals surface area contributed by atoms with Crippen LogP contribution in [0.25, 0.3) is 0 Å². The van der Waals surface area contributed by atoms with Gasteiger partial charge in [0.15, 0.2) is 0 Å². The molecular weight excluding hydrogens is 298 g/mol. The van der Waals surface area contributed by atoms with Gasteiger partial charge >= 0.3 is 0 Å². The molecule has 1 aromatic rings. The normalized spacial score (nSPS) is 27.7. The van der Waals surface area contributed by atoms with E-state index < -0.39 is 24.0 Å². The summed E-state index contributed by atoms with van der Waals surface area (Å²) in [6.45, 7) is 1.41. The van der Waals surface area contributed by atoms with Gasteiger partial charge in [-0.25, -0.2) is 0 Å². The number of hydrogen-bond acceptors (Lipinski definition) is 3. The van der Waals surface area contributed by atoms with E-state index in [-0.39, 0.29) is 5.78 Å². The second kappa shape index (κ2) is 4.82. The number of rotatable bonds is 2. The van der Waals surface area contributed by atoms with Crippen LogP contribution in [-0.2, 0) is 9.59 Å². The highest BCUT2D eigenvalue weighted by atomic mass is 79.9. The van der Waals surface area contributed by atoms with Gasteiger partial charge in [-0.1, -0.05) is 28.1 Å². The maximum Gasteiger partial charge on any atom is 0.252 e.